The molecule has 2 aromatic heterocycles. The van der Waals surface area contributed by atoms with E-state index in [4.69, 9.17) is 25.3 Å². The molecule has 0 aliphatic carbocycles. The zero-order valence-corrected chi connectivity index (χ0v) is 20.9. The second kappa shape index (κ2) is 15.4. The van der Waals surface area contributed by atoms with Crippen LogP contribution in [0.25, 0.3) is 0 Å². The van der Waals surface area contributed by atoms with Crippen molar-refractivity contribution < 1.29 is 17.1 Å². The van der Waals surface area contributed by atoms with Gasteiger partial charge in [-0.3, -0.25) is 9.97 Å². The van der Waals surface area contributed by atoms with Gasteiger partial charge < -0.3 is 35.1 Å². The van der Waals surface area contributed by atoms with Crippen LogP contribution in [0.5, 0.6) is 0 Å². The first kappa shape index (κ1) is 28.5. The molecule has 0 saturated heterocycles. The summed E-state index contributed by atoms with van der Waals surface area (Å²) in [5.74, 6) is 0. The summed E-state index contributed by atoms with van der Waals surface area (Å²) in [4.78, 5) is 11.8. The van der Waals surface area contributed by atoms with Crippen molar-refractivity contribution in [3.8, 4) is 0 Å². The smallest absolute Gasteiger partial charge is 0.741 e. The third-order valence-electron chi connectivity index (χ3n) is 3.41. The van der Waals surface area contributed by atoms with Gasteiger partial charge >= 0.3 is 17.1 Å². The van der Waals surface area contributed by atoms with E-state index in [0.717, 1.165) is 22.8 Å². The first-order valence-electron chi connectivity index (χ1n) is 8.98. The van der Waals surface area contributed by atoms with E-state index >= 15 is 0 Å². The molecule has 2 heterocycles. The molecule has 0 aliphatic rings. The zero-order chi connectivity index (χ0) is 22.5. The van der Waals surface area contributed by atoms with Gasteiger partial charge in [-0.2, -0.15) is 20.4 Å². The maximum Gasteiger partial charge on any atom is 2.00 e. The van der Waals surface area contributed by atoms with Gasteiger partial charge in [0, 0.05) is 50.9 Å². The Bertz CT molecular complexity index is 822. The van der Waals surface area contributed by atoms with Crippen LogP contribution >= 0.6 is 0 Å². The molecule has 0 atom stereocenters. The average molecular weight is 506 g/mol. The van der Waals surface area contributed by atoms with Crippen LogP contribution in [0.3, 0.4) is 0 Å². The molecule has 0 fully saturated rings. The van der Waals surface area contributed by atoms with Gasteiger partial charge in [0.25, 0.3) is 0 Å². The van der Waals surface area contributed by atoms with Crippen LogP contribution in [0.2, 0.25) is 0 Å². The predicted molar refractivity (Wildman–Crippen MR) is 130 cm³/mol. The van der Waals surface area contributed by atoms with E-state index in [-0.39, 0.29) is 17.1 Å². The van der Waals surface area contributed by atoms with Crippen molar-refractivity contribution in [2.75, 3.05) is 28.2 Å². The molecule has 0 saturated carbocycles. The number of nitrogens with zero attached hydrogens (tertiary/aromatic N) is 8. The van der Waals surface area contributed by atoms with Crippen molar-refractivity contribution in [2.45, 2.75) is 13.8 Å². The Hall–Kier alpha value is -2.46. The molecule has 0 spiro atoms. The van der Waals surface area contributed by atoms with E-state index < -0.39 is 0 Å². The summed E-state index contributed by atoms with van der Waals surface area (Å²) >= 11 is 9.96. The van der Waals surface area contributed by atoms with Crippen molar-refractivity contribution in [1.29, 1.82) is 0 Å². The molecular formula is C20H26CuN8S2. The summed E-state index contributed by atoms with van der Waals surface area (Å²) in [6.07, 6.45) is 3.44. The predicted octanol–water partition coefficient (Wildman–Crippen LogP) is 2.54. The van der Waals surface area contributed by atoms with Gasteiger partial charge in [0.1, 0.15) is 0 Å². The monoisotopic (exact) mass is 505 g/mol. The molecule has 0 aromatic carbocycles. The maximum absolute atomic E-state index is 4.98. The Kier molecular flexibility index (Phi) is 14.1. The Morgan fingerprint density at radius 1 is 0.677 bits per heavy atom. The van der Waals surface area contributed by atoms with E-state index in [2.05, 4.69) is 30.4 Å². The molecular weight excluding hydrogens is 480 g/mol. The van der Waals surface area contributed by atoms with Gasteiger partial charge in [0.2, 0.25) is 0 Å². The van der Waals surface area contributed by atoms with Crippen molar-refractivity contribution >= 4 is 47.0 Å². The molecule has 8 nitrogen and oxygen atoms in total. The molecule has 0 amide bonds. The van der Waals surface area contributed by atoms with Crippen LogP contribution in [0.15, 0.2) is 69.2 Å². The Labute approximate surface area is 206 Å². The quantitative estimate of drug-likeness (QED) is 0.209. The first-order chi connectivity index (χ1) is 14.2. The van der Waals surface area contributed by atoms with E-state index in [1.807, 2.05) is 78.4 Å². The van der Waals surface area contributed by atoms with Gasteiger partial charge in [-0.15, -0.1) is 0 Å². The fraction of sp³-hybridized carbons (Fsp3) is 0.300. The Morgan fingerprint density at radius 3 is 1.29 bits per heavy atom. The summed E-state index contributed by atoms with van der Waals surface area (Å²) in [6, 6.07) is 11.3. The number of amidine groups is 2. The molecule has 0 unspecified atom stereocenters. The zero-order valence-electron chi connectivity index (χ0n) is 18.3. The fourth-order valence-electron chi connectivity index (χ4n) is 1.67. The van der Waals surface area contributed by atoms with E-state index in [0.29, 0.717) is 10.3 Å². The molecule has 0 bridgehead atoms. The van der Waals surface area contributed by atoms with E-state index in [9.17, 15) is 0 Å². The Morgan fingerprint density at radius 2 is 1.03 bits per heavy atom. The minimum atomic E-state index is 0. The molecule has 31 heavy (non-hydrogen) atoms. The molecule has 0 N–H and O–H groups in total. The minimum absolute atomic E-state index is 0. The summed E-state index contributed by atoms with van der Waals surface area (Å²) in [6.45, 7) is 3.70. The second-order valence-electron chi connectivity index (χ2n) is 6.35. The van der Waals surface area contributed by atoms with Gasteiger partial charge in [0.15, 0.2) is 0 Å². The van der Waals surface area contributed by atoms with Crippen molar-refractivity contribution in [3.63, 3.8) is 0 Å². The SMILES string of the molecule is C/C(=N\N=C(/[S-])N(C)C)c1ccccn1.C/C(=N\N=C(/[S-])N(C)C)c1ccccn1.[Cu+2]. The third-order valence-corrected chi connectivity index (χ3v) is 4.30. The van der Waals surface area contributed by atoms with Crippen LogP contribution in [0.4, 0.5) is 0 Å². The standard InChI is InChI=1S/2C10H14N4S.Cu/c2*1-8(9-6-4-5-7-11-9)12-13-10(15)14(2)3;/h2*4-7H,1-3H3,(H,13,15);/q;;+2/p-2/b2*12-8+;. The van der Waals surface area contributed by atoms with Gasteiger partial charge in [-0.05, 0) is 38.1 Å². The third kappa shape index (κ3) is 11.5. The molecule has 2 aromatic rings. The number of hydrogen-bond donors (Lipinski definition) is 0. The summed E-state index contributed by atoms with van der Waals surface area (Å²) in [5.41, 5.74) is 3.12. The van der Waals surface area contributed by atoms with Gasteiger partial charge in [-0.25, -0.2) is 0 Å². The normalized spacial score (nSPS) is 12.3. The average Bonchev–Trinajstić information content (AvgIpc) is 2.76. The largest absolute Gasteiger partial charge is 2.00 e. The molecule has 2 rings (SSSR count). The minimum Gasteiger partial charge on any atom is -0.741 e. The topological polar surface area (TPSA) is 81.7 Å². The van der Waals surface area contributed by atoms with Gasteiger partial charge in [0.05, 0.1) is 22.8 Å². The maximum atomic E-state index is 4.98. The number of hydrogen-bond acceptors (Lipinski definition) is 8. The van der Waals surface area contributed by atoms with Crippen molar-refractivity contribution in [2.24, 2.45) is 20.4 Å². The molecule has 0 aliphatic heterocycles. The van der Waals surface area contributed by atoms with Crippen molar-refractivity contribution in [1.82, 2.24) is 19.8 Å². The van der Waals surface area contributed by atoms with Crippen LogP contribution < -0.4 is 0 Å². The summed E-state index contributed by atoms with van der Waals surface area (Å²) in [7, 11) is 7.32. The number of rotatable bonds is 4. The van der Waals surface area contributed by atoms with Crippen LogP contribution in [-0.2, 0) is 42.3 Å². The Balaban J connectivity index is 0.000000562. The summed E-state index contributed by atoms with van der Waals surface area (Å²) < 4.78 is 0. The first-order valence-corrected chi connectivity index (χ1v) is 9.80. The van der Waals surface area contributed by atoms with Crippen LogP contribution in [-0.4, -0.2) is 69.7 Å². The van der Waals surface area contributed by atoms with E-state index in [1.54, 1.807) is 22.2 Å². The van der Waals surface area contributed by atoms with Crippen LogP contribution in [0, 0.1) is 0 Å². The molecule has 1 radical (unpaired) electrons. The van der Waals surface area contributed by atoms with Crippen LogP contribution in [0.1, 0.15) is 25.2 Å². The number of aromatic nitrogens is 2. The number of pyridine rings is 2. The van der Waals surface area contributed by atoms with Crippen molar-refractivity contribution in [3.05, 3.63) is 60.2 Å². The summed E-state index contributed by atoms with van der Waals surface area (Å²) in [5, 5.41) is 16.7. The second-order valence-corrected chi connectivity index (χ2v) is 7.09. The van der Waals surface area contributed by atoms with Gasteiger partial charge in [-0.1, -0.05) is 12.1 Å². The molecule has 11 heteroatoms. The fourth-order valence-corrected chi connectivity index (χ4v) is 1.75. The molecule has 169 valence electrons. The van der Waals surface area contributed by atoms with E-state index in [1.165, 1.54) is 0 Å².